The topological polar surface area (TPSA) is 110 Å². The lowest BCUT2D eigenvalue weighted by Gasteiger charge is -2.58. The Morgan fingerprint density at radius 3 is 2.47 bits per heavy atom. The van der Waals surface area contributed by atoms with Crippen molar-refractivity contribution in [1.29, 1.82) is 0 Å². The maximum atomic E-state index is 12.6. The van der Waals surface area contributed by atoms with E-state index >= 15 is 0 Å². The van der Waals surface area contributed by atoms with Gasteiger partial charge in [0.15, 0.2) is 0 Å². The average Bonchev–Trinajstić information content (AvgIpc) is 3.50. The molecular formula is C37H58N2O6. The van der Waals surface area contributed by atoms with Crippen molar-refractivity contribution in [2.45, 2.75) is 131 Å². The third kappa shape index (κ3) is 7.20. The number of fused-ring (bicyclic) bond motifs is 5. The lowest BCUT2D eigenvalue weighted by Crippen LogP contribution is -2.51. The minimum atomic E-state index is -0.574. The first kappa shape index (κ1) is 33.7. The molecule has 1 heterocycles. The lowest BCUT2D eigenvalue weighted by molar-refractivity contribution is -0.145. The summed E-state index contributed by atoms with van der Waals surface area (Å²) in [5, 5.41) is 22.0. The highest BCUT2D eigenvalue weighted by molar-refractivity contribution is 5.70. The van der Waals surface area contributed by atoms with Gasteiger partial charge in [-0.05, 0) is 104 Å². The summed E-state index contributed by atoms with van der Waals surface area (Å²) in [6.07, 6.45) is 16.9. The number of amides is 1. The van der Waals surface area contributed by atoms with E-state index in [2.05, 4.69) is 46.0 Å². The van der Waals surface area contributed by atoms with Gasteiger partial charge < -0.3 is 25.1 Å². The number of aromatic hydroxyl groups is 2. The smallest absolute Gasteiger partial charge is 0.407 e. The van der Waals surface area contributed by atoms with Crippen LogP contribution in [-0.2, 0) is 9.53 Å². The molecule has 0 saturated heterocycles. The Morgan fingerprint density at radius 1 is 0.978 bits per heavy atom. The van der Waals surface area contributed by atoms with E-state index in [1.807, 2.05) is 0 Å². The molecule has 1 aromatic heterocycles. The summed E-state index contributed by atoms with van der Waals surface area (Å²) in [6, 6.07) is 2.47. The summed E-state index contributed by atoms with van der Waals surface area (Å²) in [4.78, 5) is 29.5. The molecule has 8 heteroatoms. The number of unbranched alkanes of at least 4 members (excludes halogenated alkanes) is 1. The van der Waals surface area contributed by atoms with E-state index in [4.69, 9.17) is 9.57 Å². The molecule has 45 heavy (non-hydrogen) atoms. The standard InChI is InChI=1S/C37H58N2O6/c1-24(2)9-8-10-25(3)29-14-15-30-28-13-12-26-23-27(18-20-36(26,4)31(28)19-21-37(29,30)5)44-35(43)38-22-7-6-11-34(42)45-39-32(40)16-17-33(39)41/h12,16-17,24-25,27-31,40-41H,6-11,13-15,18-23H2,1-5H3,(H,38,43)/t25-,27+,28+,29-,30+,31+,36+,37-/m1/s1. The van der Waals surface area contributed by atoms with Crippen molar-refractivity contribution in [3.63, 3.8) is 0 Å². The second-order valence-corrected chi connectivity index (χ2v) is 15.8. The third-order valence-corrected chi connectivity index (χ3v) is 12.6. The van der Waals surface area contributed by atoms with E-state index in [0.29, 0.717) is 29.5 Å². The molecule has 0 radical (unpaired) electrons. The van der Waals surface area contributed by atoms with E-state index in [-0.39, 0.29) is 29.7 Å². The molecule has 8 nitrogen and oxygen atoms in total. The number of alkyl carbamates (subject to hydrolysis) is 1. The maximum absolute atomic E-state index is 12.6. The predicted octanol–water partition coefficient (Wildman–Crippen LogP) is 8.16. The fourth-order valence-electron chi connectivity index (χ4n) is 10.2. The van der Waals surface area contributed by atoms with Crippen LogP contribution in [0.5, 0.6) is 11.8 Å². The first-order valence-electron chi connectivity index (χ1n) is 17.9. The lowest BCUT2D eigenvalue weighted by atomic mass is 9.47. The highest BCUT2D eigenvalue weighted by Crippen LogP contribution is 2.67. The van der Waals surface area contributed by atoms with Crippen molar-refractivity contribution in [2.24, 2.45) is 46.3 Å². The minimum Gasteiger partial charge on any atom is -0.492 e. The summed E-state index contributed by atoms with van der Waals surface area (Å²) >= 11 is 0. The normalized spacial score (nSPS) is 33.0. The van der Waals surface area contributed by atoms with Crippen molar-refractivity contribution < 1.29 is 29.4 Å². The molecule has 0 unspecified atom stereocenters. The summed E-state index contributed by atoms with van der Waals surface area (Å²) < 4.78 is 6.56. The van der Waals surface area contributed by atoms with Crippen LogP contribution in [0.1, 0.15) is 125 Å². The quantitative estimate of drug-likeness (QED) is 0.160. The maximum Gasteiger partial charge on any atom is 0.407 e. The number of aromatic nitrogens is 1. The average molecular weight is 627 g/mol. The number of nitrogens with one attached hydrogen (secondary N) is 1. The molecule has 3 fully saturated rings. The number of hydrogen-bond acceptors (Lipinski definition) is 6. The highest BCUT2D eigenvalue weighted by Gasteiger charge is 2.59. The Hall–Kier alpha value is -2.64. The number of ether oxygens (including phenoxy) is 1. The second-order valence-electron chi connectivity index (χ2n) is 15.8. The first-order chi connectivity index (χ1) is 21.4. The molecule has 0 aliphatic heterocycles. The number of rotatable bonds is 12. The van der Waals surface area contributed by atoms with Gasteiger partial charge in [-0.3, -0.25) is 0 Å². The zero-order chi connectivity index (χ0) is 32.4. The van der Waals surface area contributed by atoms with E-state index in [1.165, 1.54) is 69.1 Å². The SMILES string of the molecule is CC(C)CCC[C@@H](C)[C@H]1CC[C@H]2[C@@H]3CC=C4C[C@@H](OC(=O)NCCCCC(=O)On5c(O)ccc5O)CC[C@]4(C)[C@H]3CC[C@]12C. The van der Waals surface area contributed by atoms with Gasteiger partial charge in [-0.2, -0.15) is 0 Å². The van der Waals surface area contributed by atoms with Crippen molar-refractivity contribution in [1.82, 2.24) is 10.0 Å². The fraction of sp³-hybridized carbons (Fsp3) is 0.784. The molecule has 5 rings (SSSR count). The van der Waals surface area contributed by atoms with Crippen LogP contribution in [0.4, 0.5) is 4.79 Å². The molecule has 1 aromatic rings. The van der Waals surface area contributed by atoms with Gasteiger partial charge in [0.05, 0.1) is 0 Å². The molecule has 3 N–H and O–H groups in total. The van der Waals surface area contributed by atoms with Crippen molar-refractivity contribution in [3.8, 4) is 11.8 Å². The van der Waals surface area contributed by atoms with Gasteiger partial charge in [0.1, 0.15) is 6.10 Å². The van der Waals surface area contributed by atoms with Gasteiger partial charge in [-0.15, -0.1) is 4.73 Å². The zero-order valence-electron chi connectivity index (χ0n) is 28.4. The molecule has 0 bridgehead atoms. The summed E-state index contributed by atoms with van der Waals surface area (Å²) in [7, 11) is 0. The molecule has 0 aromatic carbocycles. The van der Waals surface area contributed by atoms with Gasteiger partial charge in [0.25, 0.3) is 0 Å². The molecular weight excluding hydrogens is 568 g/mol. The Balaban J connectivity index is 1.06. The van der Waals surface area contributed by atoms with Crippen LogP contribution >= 0.6 is 0 Å². The van der Waals surface area contributed by atoms with E-state index < -0.39 is 12.1 Å². The number of carbonyl (C=O) groups is 2. The molecule has 4 aliphatic rings. The molecule has 252 valence electrons. The van der Waals surface area contributed by atoms with Crippen molar-refractivity contribution in [3.05, 3.63) is 23.8 Å². The largest absolute Gasteiger partial charge is 0.492 e. The van der Waals surface area contributed by atoms with Crippen LogP contribution < -0.4 is 10.2 Å². The molecule has 1 amide bonds. The van der Waals surface area contributed by atoms with E-state index in [9.17, 15) is 19.8 Å². The van der Waals surface area contributed by atoms with Gasteiger partial charge >= 0.3 is 12.1 Å². The monoisotopic (exact) mass is 626 g/mol. The molecule has 3 saturated carbocycles. The van der Waals surface area contributed by atoms with Crippen LogP contribution in [0, 0.1) is 46.3 Å². The van der Waals surface area contributed by atoms with Crippen molar-refractivity contribution in [2.75, 3.05) is 6.54 Å². The summed E-state index contributed by atoms with van der Waals surface area (Å²) in [5.41, 5.74) is 2.24. The van der Waals surface area contributed by atoms with Gasteiger partial charge in [0.2, 0.25) is 11.8 Å². The predicted molar refractivity (Wildman–Crippen MR) is 175 cm³/mol. The van der Waals surface area contributed by atoms with Crippen LogP contribution in [-0.4, -0.2) is 39.7 Å². The Bertz CT molecular complexity index is 1200. The van der Waals surface area contributed by atoms with E-state index in [1.54, 1.807) is 0 Å². The Morgan fingerprint density at radius 2 is 1.73 bits per heavy atom. The summed E-state index contributed by atoms with van der Waals surface area (Å²) in [6.45, 7) is 12.8. The van der Waals surface area contributed by atoms with E-state index in [0.717, 1.165) is 54.8 Å². The minimum absolute atomic E-state index is 0.0887. The van der Waals surface area contributed by atoms with Gasteiger partial charge in [-0.25, -0.2) is 9.59 Å². The van der Waals surface area contributed by atoms with Crippen LogP contribution in [0.2, 0.25) is 0 Å². The Kier molecular flexibility index (Phi) is 10.5. The molecule has 0 spiro atoms. The van der Waals surface area contributed by atoms with Crippen LogP contribution in [0.25, 0.3) is 0 Å². The van der Waals surface area contributed by atoms with Gasteiger partial charge in [0, 0.05) is 31.5 Å². The molecule has 4 aliphatic carbocycles. The number of carbonyl (C=O) groups excluding carboxylic acids is 2. The second kappa shape index (κ2) is 14.0. The third-order valence-electron chi connectivity index (χ3n) is 12.6. The molecule has 8 atom stereocenters. The van der Waals surface area contributed by atoms with Gasteiger partial charge in [-0.1, -0.05) is 65.5 Å². The number of hydrogen-bond donors (Lipinski definition) is 3. The van der Waals surface area contributed by atoms with Crippen LogP contribution in [0.3, 0.4) is 0 Å². The van der Waals surface area contributed by atoms with Crippen LogP contribution in [0.15, 0.2) is 23.8 Å². The number of nitrogens with zero attached hydrogens (tertiary/aromatic N) is 1. The summed E-state index contributed by atoms with van der Waals surface area (Å²) in [5.74, 6) is 3.63. The Labute approximate surface area is 270 Å². The fourth-order valence-corrected chi connectivity index (χ4v) is 10.2. The number of allylic oxidation sites excluding steroid dienone is 1. The first-order valence-corrected chi connectivity index (χ1v) is 17.9. The highest BCUT2D eigenvalue weighted by atomic mass is 16.7. The van der Waals surface area contributed by atoms with Crippen molar-refractivity contribution >= 4 is 12.1 Å². The zero-order valence-corrected chi connectivity index (χ0v) is 28.4.